The molecule has 2 aliphatic rings. The molecule has 2 rings (SSSR count). The Bertz CT molecular complexity index is 259. The number of hydrogen-bond acceptors (Lipinski definition) is 6. The molecule has 0 bridgehead atoms. The van der Waals surface area contributed by atoms with Gasteiger partial charge in [0.2, 0.25) is 0 Å². The molecule has 0 radical (unpaired) electrons. The highest BCUT2D eigenvalue weighted by Gasteiger charge is 2.42. The van der Waals surface area contributed by atoms with Crippen molar-refractivity contribution in [2.45, 2.75) is 77.8 Å². The zero-order valence-electron chi connectivity index (χ0n) is 13.5. The molecule has 2 saturated heterocycles. The van der Waals surface area contributed by atoms with Gasteiger partial charge in [0, 0.05) is 12.6 Å². The van der Waals surface area contributed by atoms with Gasteiger partial charge in [0.05, 0.1) is 6.61 Å². The molecule has 0 amide bonds. The van der Waals surface area contributed by atoms with Gasteiger partial charge in [-0.25, -0.2) is 0 Å². The van der Waals surface area contributed by atoms with E-state index in [1.165, 1.54) is 13.8 Å². The normalized spacial score (nSPS) is 31.9. The number of ether oxygens (including phenoxy) is 3. The maximum Gasteiger partial charge on any atom is 0.163 e. The Morgan fingerprint density at radius 1 is 1.20 bits per heavy atom. The fourth-order valence-corrected chi connectivity index (χ4v) is 1.89. The molecule has 122 valence electrons. The summed E-state index contributed by atoms with van der Waals surface area (Å²) in [5.41, 5.74) is 5.89. The molecule has 0 spiro atoms. The van der Waals surface area contributed by atoms with Gasteiger partial charge in [-0.3, -0.25) is 0 Å². The van der Waals surface area contributed by atoms with Gasteiger partial charge >= 0.3 is 0 Å². The van der Waals surface area contributed by atoms with Crippen LogP contribution in [0.25, 0.3) is 0 Å². The molecule has 6 nitrogen and oxygen atoms in total. The minimum absolute atomic E-state index is 0.00694. The van der Waals surface area contributed by atoms with E-state index >= 15 is 0 Å². The Morgan fingerprint density at radius 2 is 1.70 bits per heavy atom. The highest BCUT2D eigenvalue weighted by Crippen LogP contribution is 2.28. The van der Waals surface area contributed by atoms with E-state index in [0.29, 0.717) is 6.61 Å². The highest BCUT2D eigenvalue weighted by atomic mass is 16.7. The number of nitrogens with two attached hydrogens (primary N) is 1. The Balaban J connectivity index is 0.000000441. The second kappa shape index (κ2) is 8.26. The van der Waals surface area contributed by atoms with Crippen LogP contribution in [0.1, 0.15) is 48.0 Å². The monoisotopic (exact) mass is 293 g/mol. The van der Waals surface area contributed by atoms with Crippen LogP contribution < -0.4 is 5.73 Å². The van der Waals surface area contributed by atoms with Crippen LogP contribution in [0.4, 0.5) is 0 Å². The minimum Gasteiger partial charge on any atom is -0.374 e. The molecule has 3 unspecified atom stereocenters. The van der Waals surface area contributed by atoms with E-state index in [4.69, 9.17) is 30.2 Å². The van der Waals surface area contributed by atoms with E-state index in [0.717, 1.165) is 13.0 Å². The summed E-state index contributed by atoms with van der Waals surface area (Å²) >= 11 is 0. The zero-order valence-corrected chi connectivity index (χ0v) is 13.5. The third-order valence-electron chi connectivity index (χ3n) is 2.58. The summed E-state index contributed by atoms with van der Waals surface area (Å²) in [5.74, 6) is -1.98. The predicted molar refractivity (Wildman–Crippen MR) is 77.1 cm³/mol. The lowest BCUT2D eigenvalue weighted by molar-refractivity contribution is -0.152. The van der Waals surface area contributed by atoms with E-state index in [1.807, 2.05) is 27.7 Å². The molecule has 0 aromatic rings. The lowest BCUT2D eigenvalue weighted by atomic mass is 10.1. The van der Waals surface area contributed by atoms with Gasteiger partial charge < -0.3 is 30.2 Å². The quantitative estimate of drug-likeness (QED) is 0.624. The molecule has 3 atom stereocenters. The Labute approximate surface area is 122 Å². The average molecular weight is 293 g/mol. The van der Waals surface area contributed by atoms with Crippen molar-refractivity contribution in [3.05, 3.63) is 0 Å². The lowest BCUT2D eigenvalue weighted by Crippen LogP contribution is -2.41. The fraction of sp³-hybridized carbons (Fsp3) is 1.00. The van der Waals surface area contributed by atoms with Crippen LogP contribution in [0, 0.1) is 0 Å². The second-order valence-corrected chi connectivity index (χ2v) is 5.65. The lowest BCUT2D eigenvalue weighted by Gasteiger charge is -2.22. The molecular weight excluding hydrogens is 262 g/mol. The summed E-state index contributed by atoms with van der Waals surface area (Å²) in [5, 5.41) is 16.2. The van der Waals surface area contributed by atoms with Crippen LogP contribution in [0.3, 0.4) is 0 Å². The van der Waals surface area contributed by atoms with Crippen LogP contribution in [-0.4, -0.2) is 53.3 Å². The van der Waals surface area contributed by atoms with Crippen molar-refractivity contribution in [1.82, 2.24) is 0 Å². The molecule has 0 aliphatic carbocycles. The first-order valence-electron chi connectivity index (χ1n) is 7.22. The predicted octanol–water partition coefficient (Wildman–Crippen LogP) is 0.987. The van der Waals surface area contributed by atoms with Crippen LogP contribution in [0.2, 0.25) is 0 Å². The summed E-state index contributed by atoms with van der Waals surface area (Å²) in [6.07, 6.45) is 0.944. The standard InChI is InChI=1S/C9H17NO3.C3H8O2.C2H6/c1-9(2)12-5-7(13-9)8-6(10)3-4-11-8;1-3(2,4)5;1-2/h6-8H,3-5,10H2,1-2H3;4-5H,1-2H3;1-2H3. The van der Waals surface area contributed by atoms with Crippen molar-refractivity contribution in [2.24, 2.45) is 5.73 Å². The molecule has 2 fully saturated rings. The summed E-state index contributed by atoms with van der Waals surface area (Å²) < 4.78 is 16.6. The topological polar surface area (TPSA) is 94.2 Å². The third kappa shape index (κ3) is 8.14. The van der Waals surface area contributed by atoms with Crippen LogP contribution in [0.5, 0.6) is 0 Å². The van der Waals surface area contributed by atoms with Gasteiger partial charge in [0.25, 0.3) is 0 Å². The van der Waals surface area contributed by atoms with Crippen LogP contribution in [0.15, 0.2) is 0 Å². The zero-order chi connectivity index (χ0) is 16.0. The molecule has 2 heterocycles. The van der Waals surface area contributed by atoms with Gasteiger partial charge in [-0.1, -0.05) is 13.8 Å². The first-order chi connectivity index (χ1) is 9.08. The van der Waals surface area contributed by atoms with E-state index < -0.39 is 11.6 Å². The van der Waals surface area contributed by atoms with E-state index in [2.05, 4.69) is 0 Å². The van der Waals surface area contributed by atoms with E-state index in [-0.39, 0.29) is 18.2 Å². The van der Waals surface area contributed by atoms with Crippen molar-refractivity contribution in [2.75, 3.05) is 13.2 Å². The SMILES string of the molecule is CC.CC(C)(O)O.CC1(C)OCC(C2OCCC2N)O1. The van der Waals surface area contributed by atoms with Crippen molar-refractivity contribution >= 4 is 0 Å². The van der Waals surface area contributed by atoms with E-state index in [9.17, 15) is 0 Å². The Kier molecular flexibility index (Phi) is 8.16. The van der Waals surface area contributed by atoms with Gasteiger partial charge in [-0.05, 0) is 34.1 Å². The van der Waals surface area contributed by atoms with Crippen molar-refractivity contribution in [3.8, 4) is 0 Å². The van der Waals surface area contributed by atoms with Gasteiger partial charge in [0.15, 0.2) is 11.6 Å². The van der Waals surface area contributed by atoms with Crippen LogP contribution >= 0.6 is 0 Å². The molecule has 0 aromatic carbocycles. The maximum absolute atomic E-state index is 8.08. The highest BCUT2D eigenvalue weighted by molar-refractivity contribution is 4.89. The molecule has 2 aliphatic heterocycles. The minimum atomic E-state index is -1.50. The smallest absolute Gasteiger partial charge is 0.163 e. The van der Waals surface area contributed by atoms with Gasteiger partial charge in [0.1, 0.15) is 12.2 Å². The number of hydrogen-bond donors (Lipinski definition) is 3. The summed E-state index contributed by atoms with van der Waals surface area (Å²) in [7, 11) is 0. The molecule has 4 N–H and O–H groups in total. The Hall–Kier alpha value is -0.240. The molecule has 0 saturated carbocycles. The molecule has 0 aromatic heterocycles. The third-order valence-corrected chi connectivity index (χ3v) is 2.58. The maximum atomic E-state index is 8.08. The van der Waals surface area contributed by atoms with Crippen molar-refractivity contribution < 1.29 is 24.4 Å². The largest absolute Gasteiger partial charge is 0.374 e. The first kappa shape index (κ1) is 19.8. The fourth-order valence-electron chi connectivity index (χ4n) is 1.89. The second-order valence-electron chi connectivity index (χ2n) is 5.65. The summed E-state index contributed by atoms with van der Waals surface area (Å²) in [6, 6.07) is 0.0995. The van der Waals surface area contributed by atoms with Gasteiger partial charge in [-0.15, -0.1) is 0 Å². The molecule has 20 heavy (non-hydrogen) atoms. The van der Waals surface area contributed by atoms with Crippen molar-refractivity contribution in [1.29, 1.82) is 0 Å². The van der Waals surface area contributed by atoms with E-state index in [1.54, 1.807) is 0 Å². The Morgan fingerprint density at radius 3 is 2.00 bits per heavy atom. The van der Waals surface area contributed by atoms with Crippen molar-refractivity contribution in [3.63, 3.8) is 0 Å². The first-order valence-corrected chi connectivity index (χ1v) is 7.22. The average Bonchev–Trinajstić information content (AvgIpc) is 2.85. The number of rotatable bonds is 1. The summed E-state index contributed by atoms with van der Waals surface area (Å²) in [6.45, 7) is 11.7. The van der Waals surface area contributed by atoms with Crippen LogP contribution in [-0.2, 0) is 14.2 Å². The molecule has 6 heteroatoms. The number of aliphatic hydroxyl groups is 2. The summed E-state index contributed by atoms with van der Waals surface area (Å²) in [4.78, 5) is 0. The van der Waals surface area contributed by atoms with Gasteiger partial charge in [-0.2, -0.15) is 0 Å². The molecular formula is C14H31NO5.